The van der Waals surface area contributed by atoms with E-state index in [-0.39, 0.29) is 30.3 Å². The fraction of sp³-hybridized carbons (Fsp3) is 0.480. The number of hydrogen-bond acceptors (Lipinski definition) is 7. The molecule has 0 bridgehead atoms. The van der Waals surface area contributed by atoms with Crippen LogP contribution in [0.2, 0.25) is 0 Å². The predicted molar refractivity (Wildman–Crippen MR) is 126 cm³/mol. The number of anilines is 2. The molecular weight excluding hydrogens is 436 g/mol. The van der Waals surface area contributed by atoms with Crippen LogP contribution in [0, 0.1) is 12.8 Å². The van der Waals surface area contributed by atoms with Crippen molar-refractivity contribution in [3.63, 3.8) is 0 Å². The maximum absolute atomic E-state index is 12.9. The van der Waals surface area contributed by atoms with Gasteiger partial charge in [0.25, 0.3) is 0 Å². The molecule has 3 aliphatic rings. The molecule has 1 N–H and O–H groups in total. The van der Waals surface area contributed by atoms with Crippen molar-refractivity contribution in [1.82, 2.24) is 15.2 Å². The molecule has 34 heavy (non-hydrogen) atoms. The van der Waals surface area contributed by atoms with Crippen molar-refractivity contribution in [2.75, 3.05) is 44.8 Å². The molecule has 2 amide bonds. The van der Waals surface area contributed by atoms with Gasteiger partial charge in [-0.1, -0.05) is 0 Å². The first-order valence-electron chi connectivity index (χ1n) is 11.8. The third-order valence-electron chi connectivity index (χ3n) is 6.67. The molecule has 1 aromatic carbocycles. The Morgan fingerprint density at radius 3 is 2.91 bits per heavy atom. The number of methoxy groups -OCH3 is 1. The van der Waals surface area contributed by atoms with Crippen LogP contribution in [0.4, 0.5) is 11.4 Å². The van der Waals surface area contributed by atoms with Crippen LogP contribution in [-0.2, 0) is 9.59 Å². The number of nitrogens with one attached hydrogen (secondary N) is 1. The molecule has 3 aliphatic heterocycles. The first kappa shape index (κ1) is 22.3. The highest BCUT2D eigenvalue weighted by molar-refractivity contribution is 5.87. The van der Waals surface area contributed by atoms with E-state index < -0.39 is 0 Å². The largest absolute Gasteiger partial charge is 0.490 e. The zero-order valence-corrected chi connectivity index (χ0v) is 19.6. The van der Waals surface area contributed by atoms with Gasteiger partial charge in [-0.3, -0.25) is 9.59 Å². The Labute approximate surface area is 199 Å². The van der Waals surface area contributed by atoms with Gasteiger partial charge in [-0.05, 0) is 31.5 Å². The van der Waals surface area contributed by atoms with Gasteiger partial charge in [0.2, 0.25) is 17.7 Å². The van der Waals surface area contributed by atoms with E-state index >= 15 is 0 Å². The van der Waals surface area contributed by atoms with E-state index in [1.165, 1.54) is 0 Å². The smallest absolute Gasteiger partial charge is 0.226 e. The predicted octanol–water partition coefficient (Wildman–Crippen LogP) is 2.44. The summed E-state index contributed by atoms with van der Waals surface area (Å²) in [5, 5.41) is 2.79. The fourth-order valence-corrected chi connectivity index (χ4v) is 4.92. The third-order valence-corrected chi connectivity index (χ3v) is 6.67. The number of hydrogen-bond donors (Lipinski definition) is 1. The first-order chi connectivity index (χ1) is 16.5. The number of amides is 2. The quantitative estimate of drug-likeness (QED) is 0.723. The van der Waals surface area contributed by atoms with Crippen molar-refractivity contribution in [2.24, 2.45) is 5.92 Å². The highest BCUT2D eigenvalue weighted by atomic mass is 16.5. The molecular formula is C25H30N4O5. The highest BCUT2D eigenvalue weighted by Crippen LogP contribution is 2.40. The molecule has 2 aromatic rings. The summed E-state index contributed by atoms with van der Waals surface area (Å²) < 4.78 is 17.5. The standard InChI is InChI=1S/C25H30N4O5/c1-16-11-18(14-27-24(16)32-2)29-9-10-33-22-4-3-19(13-21(22)29)34-20-6-8-28(15-20)25(31)17-5-7-26-23(30)12-17/h3-4,11,13-14,17,20H,5-10,12,15H2,1-2H3,(H,26,30)/t17?,20-/m0/s1. The van der Waals surface area contributed by atoms with Crippen LogP contribution in [0.1, 0.15) is 24.8 Å². The van der Waals surface area contributed by atoms with Crippen molar-refractivity contribution in [3.8, 4) is 17.4 Å². The maximum Gasteiger partial charge on any atom is 0.226 e. The lowest BCUT2D eigenvalue weighted by Gasteiger charge is -2.32. The number of piperidine rings is 1. The number of nitrogens with zero attached hydrogens (tertiary/aromatic N) is 3. The van der Waals surface area contributed by atoms with Gasteiger partial charge in [-0.15, -0.1) is 0 Å². The lowest BCUT2D eigenvalue weighted by Crippen LogP contribution is -2.42. The number of fused-ring (bicyclic) bond motifs is 1. The number of likely N-dealkylation sites (tertiary alicyclic amines) is 1. The van der Waals surface area contributed by atoms with E-state index in [2.05, 4.69) is 21.3 Å². The van der Waals surface area contributed by atoms with E-state index in [9.17, 15) is 9.59 Å². The maximum atomic E-state index is 12.9. The van der Waals surface area contributed by atoms with Gasteiger partial charge in [0.1, 0.15) is 24.2 Å². The molecule has 180 valence electrons. The second kappa shape index (κ2) is 9.40. The minimum Gasteiger partial charge on any atom is -0.490 e. The molecule has 0 radical (unpaired) electrons. The Morgan fingerprint density at radius 1 is 1.24 bits per heavy atom. The molecule has 2 fully saturated rings. The Kier molecular flexibility index (Phi) is 6.17. The Hall–Kier alpha value is -3.49. The number of carbonyl (C=O) groups excluding carboxylic acids is 2. The van der Waals surface area contributed by atoms with Crippen molar-refractivity contribution in [2.45, 2.75) is 32.3 Å². The summed E-state index contributed by atoms with van der Waals surface area (Å²) in [5.74, 6) is 1.95. The van der Waals surface area contributed by atoms with Crippen LogP contribution in [0.5, 0.6) is 17.4 Å². The average molecular weight is 467 g/mol. The lowest BCUT2D eigenvalue weighted by atomic mass is 9.96. The molecule has 1 unspecified atom stereocenters. The molecule has 4 heterocycles. The van der Waals surface area contributed by atoms with E-state index in [1.807, 2.05) is 30.0 Å². The zero-order valence-electron chi connectivity index (χ0n) is 19.6. The number of aryl methyl sites for hydroxylation is 1. The zero-order chi connectivity index (χ0) is 23.7. The Bertz CT molecular complexity index is 1090. The summed E-state index contributed by atoms with van der Waals surface area (Å²) in [6.45, 7) is 5.01. The van der Waals surface area contributed by atoms with Gasteiger partial charge in [0.15, 0.2) is 0 Å². The van der Waals surface area contributed by atoms with Gasteiger partial charge in [-0.25, -0.2) is 4.98 Å². The van der Waals surface area contributed by atoms with Gasteiger partial charge in [-0.2, -0.15) is 0 Å². The third kappa shape index (κ3) is 4.47. The van der Waals surface area contributed by atoms with E-state index in [0.29, 0.717) is 45.1 Å². The van der Waals surface area contributed by atoms with E-state index in [0.717, 1.165) is 34.9 Å². The molecule has 0 saturated carbocycles. The summed E-state index contributed by atoms with van der Waals surface area (Å²) in [4.78, 5) is 33.0. The van der Waals surface area contributed by atoms with Crippen LogP contribution in [0.3, 0.4) is 0 Å². The number of aromatic nitrogens is 1. The molecule has 1 aromatic heterocycles. The SMILES string of the molecule is COc1ncc(N2CCOc3ccc(O[C@H]4CCN(C(=O)C5CCNC(=O)C5)C4)cc32)cc1C. The van der Waals surface area contributed by atoms with E-state index in [1.54, 1.807) is 13.3 Å². The number of benzene rings is 1. The summed E-state index contributed by atoms with van der Waals surface area (Å²) in [6.07, 6.45) is 3.47. The van der Waals surface area contributed by atoms with Crippen LogP contribution >= 0.6 is 0 Å². The van der Waals surface area contributed by atoms with Gasteiger partial charge in [0.05, 0.1) is 37.8 Å². The fourth-order valence-electron chi connectivity index (χ4n) is 4.92. The first-order valence-corrected chi connectivity index (χ1v) is 11.8. The number of ether oxygens (including phenoxy) is 3. The van der Waals surface area contributed by atoms with Crippen LogP contribution in [0.25, 0.3) is 0 Å². The van der Waals surface area contributed by atoms with Crippen LogP contribution in [-0.4, -0.2) is 67.7 Å². The van der Waals surface area contributed by atoms with Gasteiger partial charge >= 0.3 is 0 Å². The molecule has 5 rings (SSSR count). The molecule has 9 nitrogen and oxygen atoms in total. The summed E-state index contributed by atoms with van der Waals surface area (Å²) in [6, 6.07) is 7.89. The van der Waals surface area contributed by atoms with Crippen LogP contribution < -0.4 is 24.4 Å². The molecule has 2 saturated heterocycles. The second-order valence-corrected chi connectivity index (χ2v) is 9.00. The lowest BCUT2D eigenvalue weighted by molar-refractivity contribution is -0.139. The van der Waals surface area contributed by atoms with Crippen molar-refractivity contribution in [3.05, 3.63) is 36.0 Å². The Morgan fingerprint density at radius 2 is 2.12 bits per heavy atom. The van der Waals surface area contributed by atoms with Gasteiger partial charge < -0.3 is 29.3 Å². The van der Waals surface area contributed by atoms with Crippen molar-refractivity contribution >= 4 is 23.2 Å². The second-order valence-electron chi connectivity index (χ2n) is 9.00. The normalized spacial score (nSPS) is 22.0. The number of pyridine rings is 1. The minimum absolute atomic E-state index is 0.0420. The summed E-state index contributed by atoms with van der Waals surface area (Å²) in [5.41, 5.74) is 2.86. The highest BCUT2D eigenvalue weighted by Gasteiger charge is 2.34. The molecule has 9 heteroatoms. The monoisotopic (exact) mass is 466 g/mol. The van der Waals surface area contributed by atoms with Crippen molar-refractivity contribution in [1.29, 1.82) is 0 Å². The van der Waals surface area contributed by atoms with Crippen LogP contribution in [0.15, 0.2) is 30.5 Å². The minimum atomic E-state index is -0.219. The summed E-state index contributed by atoms with van der Waals surface area (Å²) in [7, 11) is 1.62. The topological polar surface area (TPSA) is 93.2 Å². The number of rotatable bonds is 5. The summed E-state index contributed by atoms with van der Waals surface area (Å²) >= 11 is 0. The molecule has 0 aliphatic carbocycles. The number of carbonyl (C=O) groups is 2. The molecule has 0 spiro atoms. The van der Waals surface area contributed by atoms with Gasteiger partial charge in [0, 0.05) is 43.5 Å². The van der Waals surface area contributed by atoms with E-state index in [4.69, 9.17) is 14.2 Å². The molecule has 2 atom stereocenters. The van der Waals surface area contributed by atoms with Crippen molar-refractivity contribution < 1.29 is 23.8 Å². The Balaban J connectivity index is 1.28. The average Bonchev–Trinajstić information content (AvgIpc) is 3.31.